The number of carbonyl (C=O) groups is 2. The largest absolute Gasteiger partial charge is 0.459 e. The van der Waals surface area contributed by atoms with Crippen LogP contribution in [0, 0.1) is 6.92 Å². The number of furan rings is 1. The summed E-state index contributed by atoms with van der Waals surface area (Å²) >= 11 is 0. The smallest absolute Gasteiger partial charge is 0.329 e. The van der Waals surface area contributed by atoms with E-state index < -0.39 is 21.8 Å². The maximum Gasteiger partial charge on any atom is 0.329 e. The van der Waals surface area contributed by atoms with Crippen molar-refractivity contribution in [3.05, 3.63) is 119 Å². The SMILES string of the molecule is Cc1ccc(S(=O)(=O)N(Cc2ccccc2)Cc2ccc(/C=N/NC(=O)C(=O)NCc3cccnc3)o2)cc1. The number of hydrogen-bond donors (Lipinski definition) is 2. The van der Waals surface area contributed by atoms with Crippen LogP contribution >= 0.6 is 0 Å². The summed E-state index contributed by atoms with van der Waals surface area (Å²) < 4.78 is 34.0. The number of nitrogens with one attached hydrogen (secondary N) is 2. The molecule has 0 saturated carbocycles. The predicted molar refractivity (Wildman–Crippen MR) is 145 cm³/mol. The van der Waals surface area contributed by atoms with Crippen molar-refractivity contribution >= 4 is 28.1 Å². The van der Waals surface area contributed by atoms with Gasteiger partial charge in [-0.3, -0.25) is 14.6 Å². The van der Waals surface area contributed by atoms with Gasteiger partial charge in [0, 0.05) is 25.5 Å². The first-order valence-electron chi connectivity index (χ1n) is 12.0. The van der Waals surface area contributed by atoms with E-state index in [1.807, 2.05) is 37.3 Å². The van der Waals surface area contributed by atoms with E-state index in [0.717, 1.165) is 16.7 Å². The van der Waals surface area contributed by atoms with Crippen molar-refractivity contribution in [3.63, 3.8) is 0 Å². The Morgan fingerprint density at radius 2 is 1.67 bits per heavy atom. The van der Waals surface area contributed by atoms with Gasteiger partial charge in [0.1, 0.15) is 11.5 Å². The summed E-state index contributed by atoms with van der Waals surface area (Å²) in [7, 11) is -3.83. The van der Waals surface area contributed by atoms with Crippen molar-refractivity contribution in [2.24, 2.45) is 5.10 Å². The Balaban J connectivity index is 1.40. The highest BCUT2D eigenvalue weighted by molar-refractivity contribution is 7.89. The number of benzene rings is 2. The van der Waals surface area contributed by atoms with Gasteiger partial charge in [-0.2, -0.15) is 9.41 Å². The van der Waals surface area contributed by atoms with Gasteiger partial charge in [-0.15, -0.1) is 0 Å². The van der Waals surface area contributed by atoms with Crippen molar-refractivity contribution in [1.82, 2.24) is 20.0 Å². The number of rotatable bonds is 10. The molecular weight excluding hydrogens is 518 g/mol. The van der Waals surface area contributed by atoms with Gasteiger partial charge in [-0.05, 0) is 48.4 Å². The fraction of sp³-hybridized carbons (Fsp3) is 0.143. The second-order valence-electron chi connectivity index (χ2n) is 8.62. The van der Waals surface area contributed by atoms with Crippen LogP contribution in [0.3, 0.4) is 0 Å². The number of amides is 2. The average molecular weight is 546 g/mol. The molecule has 2 N–H and O–H groups in total. The standard InChI is InChI=1S/C28H27N5O5S/c1-21-9-13-26(14-10-21)39(36,37)33(19-22-6-3-2-4-7-22)20-25-12-11-24(38-25)18-31-32-28(35)27(34)30-17-23-8-5-15-29-16-23/h2-16,18H,17,19-20H2,1H3,(H,30,34)(H,32,35)/b31-18+. The van der Waals surface area contributed by atoms with Gasteiger partial charge in [-0.25, -0.2) is 13.8 Å². The first kappa shape index (κ1) is 27.4. The van der Waals surface area contributed by atoms with Gasteiger partial charge in [-0.1, -0.05) is 54.1 Å². The van der Waals surface area contributed by atoms with Crippen LogP contribution in [-0.4, -0.2) is 35.7 Å². The molecule has 0 fully saturated rings. The number of hydrogen-bond acceptors (Lipinski definition) is 7. The molecular formula is C28H27N5O5S. The molecule has 0 aliphatic rings. The molecule has 0 aliphatic heterocycles. The Labute approximate surface area is 226 Å². The van der Waals surface area contributed by atoms with Gasteiger partial charge in [0.15, 0.2) is 0 Å². The number of aryl methyl sites for hydroxylation is 1. The summed E-state index contributed by atoms with van der Waals surface area (Å²) in [5, 5.41) is 6.23. The van der Waals surface area contributed by atoms with E-state index in [0.29, 0.717) is 5.76 Å². The third-order valence-electron chi connectivity index (χ3n) is 5.62. The molecule has 4 aromatic rings. The number of pyridine rings is 1. The Morgan fingerprint density at radius 1 is 0.923 bits per heavy atom. The van der Waals surface area contributed by atoms with Crippen LogP contribution in [0.25, 0.3) is 0 Å². The molecule has 2 aromatic carbocycles. The summed E-state index contributed by atoms with van der Waals surface area (Å²) in [5.41, 5.74) is 4.66. The van der Waals surface area contributed by atoms with E-state index in [9.17, 15) is 18.0 Å². The average Bonchev–Trinajstić information content (AvgIpc) is 3.39. The van der Waals surface area contributed by atoms with Gasteiger partial charge in [0.25, 0.3) is 0 Å². The number of hydrazone groups is 1. The number of nitrogens with zero attached hydrogens (tertiary/aromatic N) is 3. The number of sulfonamides is 1. The molecule has 0 unspecified atom stereocenters. The van der Waals surface area contributed by atoms with E-state index in [-0.39, 0.29) is 30.3 Å². The summed E-state index contributed by atoms with van der Waals surface area (Å²) in [6, 6.07) is 22.7. The fourth-order valence-electron chi connectivity index (χ4n) is 3.57. The lowest BCUT2D eigenvalue weighted by atomic mass is 10.2. The maximum atomic E-state index is 13.5. The summed E-state index contributed by atoms with van der Waals surface area (Å²) in [5.74, 6) is -1.15. The topological polar surface area (TPSA) is 134 Å². The summed E-state index contributed by atoms with van der Waals surface area (Å²) in [6.45, 7) is 2.16. The fourth-order valence-corrected chi connectivity index (χ4v) is 4.96. The second kappa shape index (κ2) is 12.8. The van der Waals surface area contributed by atoms with Gasteiger partial charge in [0.2, 0.25) is 10.0 Å². The van der Waals surface area contributed by atoms with Crippen LogP contribution in [0.15, 0.2) is 106 Å². The molecule has 0 atom stereocenters. The zero-order chi connectivity index (χ0) is 27.7. The molecule has 39 heavy (non-hydrogen) atoms. The highest BCUT2D eigenvalue weighted by atomic mass is 32.2. The normalized spacial score (nSPS) is 11.5. The molecule has 4 rings (SSSR count). The van der Waals surface area contributed by atoms with Crippen LogP contribution in [0.1, 0.15) is 28.2 Å². The lowest BCUT2D eigenvalue weighted by Gasteiger charge is -2.21. The maximum absolute atomic E-state index is 13.5. The zero-order valence-electron chi connectivity index (χ0n) is 21.2. The molecule has 10 nitrogen and oxygen atoms in total. The zero-order valence-corrected chi connectivity index (χ0v) is 22.0. The molecule has 0 bridgehead atoms. The minimum Gasteiger partial charge on any atom is -0.459 e. The van der Waals surface area contributed by atoms with Crippen molar-refractivity contribution in [2.45, 2.75) is 31.5 Å². The van der Waals surface area contributed by atoms with Crippen molar-refractivity contribution < 1.29 is 22.4 Å². The third-order valence-corrected chi connectivity index (χ3v) is 7.42. The minimum absolute atomic E-state index is 0.0257. The Kier molecular flexibility index (Phi) is 8.97. The summed E-state index contributed by atoms with van der Waals surface area (Å²) in [4.78, 5) is 28.1. The number of aromatic nitrogens is 1. The van der Waals surface area contributed by atoms with E-state index in [1.54, 1.807) is 60.9 Å². The van der Waals surface area contributed by atoms with Crippen LogP contribution < -0.4 is 10.7 Å². The minimum atomic E-state index is -3.83. The van der Waals surface area contributed by atoms with Crippen molar-refractivity contribution in [1.29, 1.82) is 0 Å². The van der Waals surface area contributed by atoms with E-state index in [2.05, 4.69) is 20.8 Å². The van der Waals surface area contributed by atoms with Crippen LogP contribution in [-0.2, 0) is 39.2 Å². The highest BCUT2D eigenvalue weighted by Gasteiger charge is 2.26. The second-order valence-corrected chi connectivity index (χ2v) is 10.6. The van der Waals surface area contributed by atoms with E-state index in [4.69, 9.17) is 4.42 Å². The molecule has 0 spiro atoms. The first-order valence-corrected chi connectivity index (χ1v) is 13.4. The van der Waals surface area contributed by atoms with Crippen LogP contribution in [0.2, 0.25) is 0 Å². The molecule has 11 heteroatoms. The van der Waals surface area contributed by atoms with Crippen LogP contribution in [0.4, 0.5) is 0 Å². The Hall–Kier alpha value is -4.61. The molecule has 2 aromatic heterocycles. The van der Waals surface area contributed by atoms with E-state index in [1.165, 1.54) is 10.5 Å². The van der Waals surface area contributed by atoms with Crippen LogP contribution in [0.5, 0.6) is 0 Å². The third kappa shape index (κ3) is 7.69. The van der Waals surface area contributed by atoms with Crippen molar-refractivity contribution in [3.8, 4) is 0 Å². The predicted octanol–water partition coefficient (Wildman–Crippen LogP) is 3.14. The first-order chi connectivity index (χ1) is 18.8. The molecule has 0 aliphatic carbocycles. The quantitative estimate of drug-likeness (QED) is 0.179. The molecule has 2 amide bonds. The van der Waals surface area contributed by atoms with Gasteiger partial charge < -0.3 is 9.73 Å². The summed E-state index contributed by atoms with van der Waals surface area (Å²) in [6.07, 6.45) is 4.42. The number of carbonyl (C=O) groups excluding carboxylic acids is 2. The molecule has 0 saturated heterocycles. The van der Waals surface area contributed by atoms with Gasteiger partial charge in [0.05, 0.1) is 17.7 Å². The van der Waals surface area contributed by atoms with Gasteiger partial charge >= 0.3 is 11.8 Å². The lowest BCUT2D eigenvalue weighted by molar-refractivity contribution is -0.139. The monoisotopic (exact) mass is 545 g/mol. The molecule has 200 valence electrons. The Morgan fingerprint density at radius 3 is 2.38 bits per heavy atom. The van der Waals surface area contributed by atoms with E-state index >= 15 is 0 Å². The Bertz CT molecular complexity index is 1540. The highest BCUT2D eigenvalue weighted by Crippen LogP contribution is 2.22. The molecule has 0 radical (unpaired) electrons. The molecule has 2 heterocycles. The lowest BCUT2D eigenvalue weighted by Crippen LogP contribution is -2.37. The van der Waals surface area contributed by atoms with Crippen molar-refractivity contribution in [2.75, 3.05) is 0 Å².